The summed E-state index contributed by atoms with van der Waals surface area (Å²) in [4.78, 5) is 15.2. The fourth-order valence-corrected chi connectivity index (χ4v) is 7.54. The number of rotatable bonds is 3. The minimum absolute atomic E-state index is 0.359. The number of hydrogen-bond donors (Lipinski definition) is 0. The predicted molar refractivity (Wildman–Crippen MR) is 173 cm³/mol. The molecule has 43 heavy (non-hydrogen) atoms. The first kappa shape index (κ1) is 24.2. The third kappa shape index (κ3) is 3.39. The molecule has 0 aliphatic heterocycles. The Morgan fingerprint density at radius 3 is 1.70 bits per heavy atom. The van der Waals surface area contributed by atoms with Crippen molar-refractivity contribution in [2.45, 2.75) is 18.3 Å². The van der Waals surface area contributed by atoms with E-state index in [9.17, 15) is 0 Å². The quantitative estimate of drug-likeness (QED) is 0.221. The molecule has 0 saturated heterocycles. The molecule has 3 heteroatoms. The standard InChI is InChI=1S/C40H27N3/c1-3-14-26(15-4-1)37-41-38(27-16-5-2-6-17-27)43-39(42-37)31-21-13-25-35-36(31)30-20-9-12-24-34(30)40(35)32-22-10-7-18-28(32)29-19-8-11-23-33(29)40/h1-7,9-18,20-25H,8,19H2. The Morgan fingerprint density at radius 2 is 1.00 bits per heavy atom. The van der Waals surface area contributed by atoms with E-state index in [4.69, 9.17) is 15.0 Å². The lowest BCUT2D eigenvalue weighted by molar-refractivity contribution is 0.780. The maximum absolute atomic E-state index is 5.14. The molecule has 0 bridgehead atoms. The molecular weight excluding hydrogens is 522 g/mol. The van der Waals surface area contributed by atoms with Gasteiger partial charge in [-0.2, -0.15) is 0 Å². The summed E-state index contributed by atoms with van der Waals surface area (Å²) in [7, 11) is 0. The van der Waals surface area contributed by atoms with Gasteiger partial charge >= 0.3 is 0 Å². The summed E-state index contributed by atoms with van der Waals surface area (Å²) in [5, 5.41) is 0. The Balaban J connectivity index is 1.36. The molecule has 0 fully saturated rings. The van der Waals surface area contributed by atoms with E-state index in [1.165, 1.54) is 44.5 Å². The van der Waals surface area contributed by atoms with Crippen LogP contribution in [0.5, 0.6) is 0 Å². The van der Waals surface area contributed by atoms with Crippen molar-refractivity contribution in [3.05, 3.63) is 167 Å². The van der Waals surface area contributed by atoms with Crippen LogP contribution in [0.25, 0.3) is 50.9 Å². The van der Waals surface area contributed by atoms with Gasteiger partial charge < -0.3 is 0 Å². The Labute approximate surface area is 251 Å². The molecule has 1 aromatic heterocycles. The number of aromatic nitrogens is 3. The van der Waals surface area contributed by atoms with Gasteiger partial charge in [-0.1, -0.05) is 140 Å². The average molecular weight is 550 g/mol. The number of benzene rings is 5. The second-order valence-electron chi connectivity index (χ2n) is 11.4. The molecule has 1 unspecified atom stereocenters. The van der Waals surface area contributed by atoms with E-state index in [2.05, 4.69) is 103 Å². The van der Waals surface area contributed by atoms with Crippen molar-refractivity contribution in [3.63, 3.8) is 0 Å². The third-order valence-electron chi connectivity index (χ3n) is 9.24. The molecular formula is C40H27N3. The zero-order valence-electron chi connectivity index (χ0n) is 23.5. The lowest BCUT2D eigenvalue weighted by atomic mass is 9.69. The van der Waals surface area contributed by atoms with Crippen LogP contribution < -0.4 is 0 Å². The van der Waals surface area contributed by atoms with E-state index in [1.54, 1.807) is 0 Å². The van der Waals surface area contributed by atoms with Crippen LogP contribution in [-0.2, 0) is 5.41 Å². The fraction of sp³-hybridized carbons (Fsp3) is 0.0750. The van der Waals surface area contributed by atoms with Crippen LogP contribution in [0.3, 0.4) is 0 Å². The van der Waals surface area contributed by atoms with Gasteiger partial charge in [0.15, 0.2) is 17.5 Å². The van der Waals surface area contributed by atoms with E-state index in [-0.39, 0.29) is 5.41 Å². The zero-order valence-corrected chi connectivity index (χ0v) is 23.5. The van der Waals surface area contributed by atoms with Crippen molar-refractivity contribution in [2.24, 2.45) is 0 Å². The van der Waals surface area contributed by atoms with Gasteiger partial charge in [-0.3, -0.25) is 0 Å². The number of nitrogens with zero attached hydrogens (tertiary/aromatic N) is 3. The second-order valence-corrected chi connectivity index (χ2v) is 11.4. The summed E-state index contributed by atoms with van der Waals surface area (Å²) in [5.74, 6) is 2.04. The highest BCUT2D eigenvalue weighted by Gasteiger charge is 2.52. The minimum atomic E-state index is -0.359. The molecule has 0 radical (unpaired) electrons. The van der Waals surface area contributed by atoms with Gasteiger partial charge in [0.2, 0.25) is 0 Å². The Kier molecular flexibility index (Phi) is 5.24. The van der Waals surface area contributed by atoms with Crippen molar-refractivity contribution < 1.29 is 0 Å². The molecule has 0 amide bonds. The first-order valence-corrected chi connectivity index (χ1v) is 14.9. The van der Waals surface area contributed by atoms with Crippen LogP contribution in [0.15, 0.2) is 145 Å². The van der Waals surface area contributed by atoms with Crippen LogP contribution in [0.4, 0.5) is 0 Å². The molecule has 6 aromatic rings. The summed E-state index contributed by atoms with van der Waals surface area (Å²) in [5.41, 5.74) is 13.4. The smallest absolute Gasteiger partial charge is 0.164 e. The highest BCUT2D eigenvalue weighted by atomic mass is 15.0. The summed E-state index contributed by atoms with van der Waals surface area (Å²) >= 11 is 0. The average Bonchev–Trinajstić information content (AvgIpc) is 3.56. The van der Waals surface area contributed by atoms with Gasteiger partial charge in [-0.15, -0.1) is 0 Å². The SMILES string of the molecule is C1=CC2=C(CC1)c1ccccc1C21c2ccccc2-c2c(-c3nc(-c4ccccc4)nc(-c4ccccc4)n3)cccc21. The highest BCUT2D eigenvalue weighted by molar-refractivity contribution is 5.99. The monoisotopic (exact) mass is 549 g/mol. The topological polar surface area (TPSA) is 38.7 Å². The number of fused-ring (bicyclic) bond motifs is 9. The van der Waals surface area contributed by atoms with Gasteiger partial charge in [0.05, 0.1) is 5.41 Å². The van der Waals surface area contributed by atoms with Crippen molar-refractivity contribution in [1.82, 2.24) is 15.0 Å². The molecule has 0 saturated carbocycles. The van der Waals surface area contributed by atoms with E-state index < -0.39 is 0 Å². The Bertz CT molecular complexity index is 2070. The first-order valence-electron chi connectivity index (χ1n) is 14.9. The van der Waals surface area contributed by atoms with Crippen molar-refractivity contribution in [1.29, 1.82) is 0 Å². The summed E-state index contributed by atoms with van der Waals surface area (Å²) < 4.78 is 0. The van der Waals surface area contributed by atoms with Crippen LogP contribution >= 0.6 is 0 Å². The van der Waals surface area contributed by atoms with Gasteiger partial charge in [-0.05, 0) is 57.4 Å². The molecule has 9 rings (SSSR count). The molecule has 3 nitrogen and oxygen atoms in total. The van der Waals surface area contributed by atoms with Crippen LogP contribution in [0, 0.1) is 0 Å². The predicted octanol–water partition coefficient (Wildman–Crippen LogP) is 9.30. The molecule has 0 N–H and O–H groups in total. The van der Waals surface area contributed by atoms with E-state index in [0.29, 0.717) is 17.5 Å². The van der Waals surface area contributed by atoms with Crippen molar-refractivity contribution in [3.8, 4) is 45.3 Å². The van der Waals surface area contributed by atoms with E-state index in [0.717, 1.165) is 29.5 Å². The minimum Gasteiger partial charge on any atom is -0.208 e. The van der Waals surface area contributed by atoms with Crippen molar-refractivity contribution in [2.75, 3.05) is 0 Å². The third-order valence-corrected chi connectivity index (χ3v) is 9.24. The van der Waals surface area contributed by atoms with Gasteiger partial charge in [0.1, 0.15) is 0 Å². The molecule has 1 heterocycles. The number of allylic oxidation sites excluding steroid dienone is 4. The lowest BCUT2D eigenvalue weighted by Gasteiger charge is -2.32. The van der Waals surface area contributed by atoms with Gasteiger partial charge in [-0.25, -0.2) is 15.0 Å². The number of hydrogen-bond acceptors (Lipinski definition) is 3. The normalized spacial score (nSPS) is 17.5. The van der Waals surface area contributed by atoms with E-state index in [1.807, 2.05) is 36.4 Å². The molecule has 5 aromatic carbocycles. The largest absolute Gasteiger partial charge is 0.208 e. The summed E-state index contributed by atoms with van der Waals surface area (Å²) in [6.45, 7) is 0. The van der Waals surface area contributed by atoms with Crippen LogP contribution in [0.1, 0.15) is 35.1 Å². The van der Waals surface area contributed by atoms with Crippen molar-refractivity contribution >= 4 is 5.57 Å². The second kappa shape index (κ2) is 9.30. The zero-order chi connectivity index (χ0) is 28.4. The lowest BCUT2D eigenvalue weighted by Crippen LogP contribution is -2.27. The molecule has 1 atom stereocenters. The molecule has 3 aliphatic carbocycles. The maximum atomic E-state index is 5.14. The first-order chi connectivity index (χ1) is 21.3. The summed E-state index contributed by atoms with van der Waals surface area (Å²) in [6.07, 6.45) is 6.88. The van der Waals surface area contributed by atoms with E-state index >= 15 is 0 Å². The summed E-state index contributed by atoms with van der Waals surface area (Å²) in [6, 6.07) is 45.1. The molecule has 1 spiro atoms. The van der Waals surface area contributed by atoms with Gasteiger partial charge in [0, 0.05) is 16.7 Å². The fourth-order valence-electron chi connectivity index (χ4n) is 7.54. The molecule has 3 aliphatic rings. The highest BCUT2D eigenvalue weighted by Crippen LogP contribution is 2.64. The van der Waals surface area contributed by atoms with Crippen LogP contribution in [0.2, 0.25) is 0 Å². The van der Waals surface area contributed by atoms with Crippen LogP contribution in [-0.4, -0.2) is 15.0 Å². The molecule has 202 valence electrons. The van der Waals surface area contributed by atoms with Gasteiger partial charge in [0.25, 0.3) is 0 Å². The Morgan fingerprint density at radius 1 is 0.465 bits per heavy atom. The Hall–Kier alpha value is -5.41. The maximum Gasteiger partial charge on any atom is 0.164 e.